The van der Waals surface area contributed by atoms with Gasteiger partial charge < -0.3 is 0 Å². The molecule has 216 valence electrons. The summed E-state index contributed by atoms with van der Waals surface area (Å²) >= 11 is -2.08. The quantitative estimate of drug-likeness (QED) is 0.151. The van der Waals surface area contributed by atoms with E-state index in [2.05, 4.69) is 22.3 Å². The Labute approximate surface area is 253 Å². The van der Waals surface area contributed by atoms with Crippen molar-refractivity contribution in [2.24, 2.45) is 0 Å². The van der Waals surface area contributed by atoms with Gasteiger partial charge >= 0.3 is 236 Å². The van der Waals surface area contributed by atoms with Gasteiger partial charge in [-0.1, -0.05) is 0 Å². The Hall–Kier alpha value is -0.200. The van der Waals surface area contributed by atoms with E-state index in [0.29, 0.717) is 26.2 Å². The number of ether oxygens (including phenoxy) is 1. The zero-order valence-corrected chi connectivity index (χ0v) is 28.0. The number of halogens is 6. The zero-order valence-electron chi connectivity index (χ0n) is 21.5. The van der Waals surface area contributed by atoms with Crippen molar-refractivity contribution in [2.75, 3.05) is 49.1 Å². The summed E-state index contributed by atoms with van der Waals surface area (Å²) in [6.07, 6.45) is 1.51. The van der Waals surface area contributed by atoms with Crippen molar-refractivity contribution in [2.45, 2.75) is 55.5 Å². The van der Waals surface area contributed by atoms with Crippen molar-refractivity contribution >= 4 is 58.8 Å². The summed E-state index contributed by atoms with van der Waals surface area (Å²) < 4.78 is 48.5. The molecule has 3 heterocycles. The van der Waals surface area contributed by atoms with Gasteiger partial charge in [-0.05, 0) is 12.8 Å². The predicted octanol–water partition coefficient (Wildman–Crippen LogP) is 2.37. The van der Waals surface area contributed by atoms with Crippen LogP contribution in [0.2, 0.25) is 0 Å². The summed E-state index contributed by atoms with van der Waals surface area (Å²) in [6, 6.07) is 4.32. The number of hydrogen-bond acceptors (Lipinski definition) is 5. The summed E-state index contributed by atoms with van der Waals surface area (Å²) in [6.45, 7) is 6.58. The van der Waals surface area contributed by atoms with Crippen LogP contribution in [0.4, 0.5) is 19.0 Å². The molecule has 3 rings (SSSR count). The molecule has 12 heteroatoms. The number of aryl methyl sites for hydroxylation is 2. The van der Waals surface area contributed by atoms with Crippen LogP contribution < -0.4 is 26.5 Å². The molecule has 0 unspecified atom stereocenters. The molecule has 2 aliphatic rings. The van der Waals surface area contributed by atoms with E-state index in [1.165, 1.54) is 15.2 Å². The number of alkyl halides is 5. The van der Waals surface area contributed by atoms with E-state index in [1.54, 1.807) is 0 Å². The van der Waals surface area contributed by atoms with E-state index in [4.69, 9.17) is 9.72 Å². The molecule has 1 aromatic heterocycles. The Morgan fingerprint density at radius 1 is 1.29 bits per heavy atom. The van der Waals surface area contributed by atoms with Crippen LogP contribution in [0.1, 0.15) is 43.9 Å². The molecule has 0 saturated carbocycles. The Balaban J connectivity index is 1.45. The third-order valence-corrected chi connectivity index (χ3v) is 19.7. The average molecular weight is 876 g/mol. The number of hydrogen-bond donors (Lipinski definition) is 2. The second kappa shape index (κ2) is 16.9. The fraction of sp³-hybridized carbons (Fsp3) is 0.615. The molecule has 2 N–H and O–H groups in total. The molecule has 0 amide bonds. The molecule has 0 aliphatic carbocycles. The van der Waals surface area contributed by atoms with Gasteiger partial charge in [0.15, 0.2) is 0 Å². The fourth-order valence-electron chi connectivity index (χ4n) is 4.00. The first-order chi connectivity index (χ1) is 18.3. The van der Waals surface area contributed by atoms with Gasteiger partial charge in [0.1, 0.15) is 0 Å². The maximum atomic E-state index is 12.9. The van der Waals surface area contributed by atoms with Crippen LogP contribution in [0.3, 0.4) is 0 Å². The van der Waals surface area contributed by atoms with Crippen LogP contribution in [0.5, 0.6) is 0 Å². The molecule has 2 aliphatic heterocycles. The van der Waals surface area contributed by atoms with Gasteiger partial charge in [-0.3, -0.25) is 0 Å². The van der Waals surface area contributed by atoms with Crippen molar-refractivity contribution in [3.05, 3.63) is 33.0 Å². The van der Waals surface area contributed by atoms with Crippen LogP contribution in [0.25, 0.3) is 0 Å². The van der Waals surface area contributed by atoms with Gasteiger partial charge in [-0.15, -0.1) is 0 Å². The number of pyridine rings is 1. The van der Waals surface area contributed by atoms with Crippen LogP contribution in [0, 0.1) is 0 Å². The molecule has 1 aromatic rings. The summed E-state index contributed by atoms with van der Waals surface area (Å²) in [4.78, 5) is 19.0. The summed E-state index contributed by atoms with van der Waals surface area (Å²) in [5.41, 5.74) is 1.93. The number of carboxylic acid groups (broad SMARTS) is 1. The first-order valence-corrected chi connectivity index (χ1v) is 20.2. The van der Waals surface area contributed by atoms with Crippen molar-refractivity contribution < 1.29 is 49.0 Å². The molecule has 0 bridgehead atoms. The zero-order chi connectivity index (χ0) is 27.4. The van der Waals surface area contributed by atoms with Crippen LogP contribution in [0.15, 0.2) is 21.8 Å². The number of fused-ring (bicyclic) bond motifs is 1. The van der Waals surface area contributed by atoms with Crippen molar-refractivity contribution in [1.82, 2.24) is 9.88 Å². The second-order valence-electron chi connectivity index (χ2n) is 8.95. The summed E-state index contributed by atoms with van der Waals surface area (Å²) in [5, 5.41) is 13.2. The van der Waals surface area contributed by atoms with Gasteiger partial charge in [0.2, 0.25) is 0 Å². The average Bonchev–Trinajstić information content (AvgIpc) is 2.90. The van der Waals surface area contributed by atoms with Crippen LogP contribution in [-0.2, 0) is 22.4 Å². The van der Waals surface area contributed by atoms with E-state index < -0.39 is 80.4 Å². The van der Waals surface area contributed by atoms with Crippen LogP contribution >= 0.6 is 41.5 Å². The summed E-state index contributed by atoms with van der Waals surface area (Å²) in [5.74, 6) is 0.262. The molecule has 1 atom stereocenters. The number of carboxylic acids is 1. The first-order valence-electron chi connectivity index (χ1n) is 12.8. The molecular formula is C26H36F3I3N3O3-. The molecule has 0 radical (unpaired) electrons. The van der Waals surface area contributed by atoms with Crippen molar-refractivity contribution in [1.29, 1.82) is 0 Å². The fourth-order valence-corrected chi connectivity index (χ4v) is 16.5. The molecule has 38 heavy (non-hydrogen) atoms. The number of nitrogens with one attached hydrogen (secondary N) is 1. The van der Waals surface area contributed by atoms with Gasteiger partial charge in [-0.25, -0.2) is 0 Å². The molecule has 0 fully saturated rings. The van der Waals surface area contributed by atoms with Gasteiger partial charge in [0.25, 0.3) is 0 Å². The van der Waals surface area contributed by atoms with Gasteiger partial charge in [0.05, 0.1) is 0 Å². The number of allylic oxidation sites excluding steroid dienone is 1. The monoisotopic (exact) mass is 876 g/mol. The maximum absolute atomic E-state index is 12.9. The Morgan fingerprint density at radius 3 is 2.84 bits per heavy atom. The van der Waals surface area contributed by atoms with Crippen LogP contribution in [-0.4, -0.2) is 80.4 Å². The number of rotatable bonds is 16. The third kappa shape index (κ3) is 11.4. The third-order valence-electron chi connectivity index (χ3n) is 6.10. The van der Waals surface area contributed by atoms with E-state index in [0.717, 1.165) is 67.7 Å². The molecule has 0 saturated heterocycles. The van der Waals surface area contributed by atoms with Gasteiger partial charge in [0, 0.05) is 6.54 Å². The Kier molecular flexibility index (Phi) is 14.4. The first kappa shape index (κ1) is 32.3. The van der Waals surface area contributed by atoms with E-state index >= 15 is 0 Å². The summed E-state index contributed by atoms with van der Waals surface area (Å²) in [7, 11) is 0. The van der Waals surface area contributed by atoms with Crippen molar-refractivity contribution in [3.63, 3.8) is 0 Å². The van der Waals surface area contributed by atoms with E-state index in [9.17, 15) is 23.1 Å². The SMILES string of the molecule is CCOCCN(CCCCc1ccc2c(n1)NCCC2)CC[C@H]([I-]CC1=IC=C(C(F)(F)F)C=I1)C(=O)O. The van der Waals surface area contributed by atoms with Crippen molar-refractivity contribution in [3.8, 4) is 0 Å². The Bertz CT molecular complexity index is 1020. The van der Waals surface area contributed by atoms with E-state index in [-0.39, 0.29) is 3.92 Å². The molecular weight excluding hydrogens is 840 g/mol. The molecule has 0 spiro atoms. The number of carbonyl (C=O) groups is 1. The number of nitrogens with zero attached hydrogens (tertiary/aromatic N) is 2. The van der Waals surface area contributed by atoms with Gasteiger partial charge in [-0.2, -0.15) is 0 Å². The predicted molar refractivity (Wildman–Crippen MR) is 161 cm³/mol. The minimum absolute atomic E-state index is 0.371. The topological polar surface area (TPSA) is 74.7 Å². The number of aliphatic carboxylic acids is 1. The Morgan fingerprint density at radius 2 is 2.13 bits per heavy atom. The number of unbranched alkanes of at least 4 members (excludes halogenated alkanes) is 1. The minimum atomic E-state index is -4.25. The number of aromatic nitrogens is 1. The van der Waals surface area contributed by atoms with E-state index in [1.807, 2.05) is 6.92 Å². The number of anilines is 1. The molecule has 6 nitrogen and oxygen atoms in total. The normalized spacial score (nSPS) is 16.6. The second-order valence-corrected chi connectivity index (χ2v) is 19.3. The standard InChI is InChI=1S/C26H36F3I3N3O3/c1-2-38-15-14-35(12-4-3-7-21-9-8-19-6-5-11-33-24(19)34-21)13-10-22(25(36)37)30-18-23-31-16-20(17-32-23)26(27,28)29/h8-9,16-17,22H,2-7,10-15,18H2,1H3,(H,33,34)(H,36,37)/q-1/t22-/m0/s1. The molecule has 0 aromatic carbocycles.